The zero-order valence-electron chi connectivity index (χ0n) is 15.9. The molecular weight excluding hydrogens is 418 g/mol. The fourth-order valence-electron chi connectivity index (χ4n) is 3.86. The van der Waals surface area contributed by atoms with E-state index in [0.29, 0.717) is 5.92 Å². The maximum atomic E-state index is 5.05. The Hall–Kier alpha value is -2.97. The van der Waals surface area contributed by atoms with Crippen LogP contribution in [-0.2, 0) is 0 Å². The number of allylic oxidation sites excluding steroid dienone is 4. The SMILES string of the molecule is Brc1ccc(-c2cc(C3C=CC=CC3)cc(-c3ccc4ccccc4c3)n2)cc1. The second kappa shape index (κ2) is 7.81. The van der Waals surface area contributed by atoms with Crippen LogP contribution in [0.2, 0.25) is 0 Å². The van der Waals surface area contributed by atoms with E-state index in [0.717, 1.165) is 33.4 Å². The van der Waals surface area contributed by atoms with E-state index in [-0.39, 0.29) is 0 Å². The van der Waals surface area contributed by atoms with Gasteiger partial charge in [-0.1, -0.05) is 88.8 Å². The molecule has 1 aliphatic rings. The molecule has 0 saturated heterocycles. The summed E-state index contributed by atoms with van der Waals surface area (Å²) in [5, 5.41) is 2.49. The van der Waals surface area contributed by atoms with Crippen LogP contribution in [0.3, 0.4) is 0 Å². The molecule has 1 aliphatic carbocycles. The van der Waals surface area contributed by atoms with Crippen molar-refractivity contribution in [2.24, 2.45) is 0 Å². The van der Waals surface area contributed by atoms with Crippen LogP contribution in [0, 0.1) is 0 Å². The van der Waals surface area contributed by atoms with Crippen LogP contribution >= 0.6 is 15.9 Å². The predicted octanol–water partition coefficient (Wildman–Crippen LogP) is 7.93. The molecule has 3 aromatic carbocycles. The van der Waals surface area contributed by atoms with E-state index in [4.69, 9.17) is 4.98 Å². The summed E-state index contributed by atoms with van der Waals surface area (Å²) in [6, 6.07) is 27.9. The van der Waals surface area contributed by atoms with Gasteiger partial charge in [0.05, 0.1) is 11.4 Å². The van der Waals surface area contributed by atoms with E-state index < -0.39 is 0 Å². The maximum Gasteiger partial charge on any atom is 0.0712 e. The molecule has 5 rings (SSSR count). The Morgan fingerprint density at radius 1 is 0.724 bits per heavy atom. The molecule has 29 heavy (non-hydrogen) atoms. The van der Waals surface area contributed by atoms with Gasteiger partial charge in [-0.3, -0.25) is 0 Å². The van der Waals surface area contributed by atoms with Crippen molar-refractivity contribution >= 4 is 26.7 Å². The lowest BCUT2D eigenvalue weighted by Gasteiger charge is -2.17. The number of nitrogens with zero attached hydrogens (tertiary/aromatic N) is 1. The van der Waals surface area contributed by atoms with E-state index in [9.17, 15) is 0 Å². The number of halogens is 1. The first kappa shape index (κ1) is 18.1. The van der Waals surface area contributed by atoms with E-state index in [1.54, 1.807) is 0 Å². The molecule has 0 aliphatic heterocycles. The second-order valence-corrected chi connectivity index (χ2v) is 8.31. The zero-order chi connectivity index (χ0) is 19.6. The summed E-state index contributed by atoms with van der Waals surface area (Å²) in [7, 11) is 0. The van der Waals surface area contributed by atoms with Crippen molar-refractivity contribution in [1.29, 1.82) is 0 Å². The summed E-state index contributed by atoms with van der Waals surface area (Å²) in [4.78, 5) is 5.05. The lowest BCUT2D eigenvalue weighted by Crippen LogP contribution is -2.00. The van der Waals surface area contributed by atoms with Crippen molar-refractivity contribution < 1.29 is 0 Å². The summed E-state index contributed by atoms with van der Waals surface area (Å²) in [6.45, 7) is 0. The molecule has 2 heteroatoms. The minimum atomic E-state index is 0.386. The first-order valence-corrected chi connectivity index (χ1v) is 10.7. The minimum Gasteiger partial charge on any atom is -0.248 e. The second-order valence-electron chi connectivity index (χ2n) is 7.40. The van der Waals surface area contributed by atoms with Gasteiger partial charge in [-0.2, -0.15) is 0 Å². The Kier molecular flexibility index (Phi) is 4.87. The van der Waals surface area contributed by atoms with Crippen LogP contribution in [0.4, 0.5) is 0 Å². The van der Waals surface area contributed by atoms with E-state index in [1.807, 2.05) is 0 Å². The lowest BCUT2D eigenvalue weighted by atomic mass is 9.90. The Bertz CT molecular complexity index is 1240. The number of pyridine rings is 1. The highest BCUT2D eigenvalue weighted by atomic mass is 79.9. The van der Waals surface area contributed by atoms with Crippen LogP contribution in [-0.4, -0.2) is 4.98 Å². The largest absolute Gasteiger partial charge is 0.248 e. The molecule has 0 radical (unpaired) electrons. The average Bonchev–Trinajstić information content (AvgIpc) is 2.79. The number of hydrogen-bond donors (Lipinski definition) is 0. The number of hydrogen-bond acceptors (Lipinski definition) is 1. The predicted molar refractivity (Wildman–Crippen MR) is 126 cm³/mol. The summed E-state index contributed by atoms with van der Waals surface area (Å²) < 4.78 is 1.08. The highest BCUT2D eigenvalue weighted by Crippen LogP contribution is 2.33. The third-order valence-corrected chi connectivity index (χ3v) is 5.97. The average molecular weight is 438 g/mol. The van der Waals surface area contributed by atoms with Crippen molar-refractivity contribution in [2.75, 3.05) is 0 Å². The van der Waals surface area contributed by atoms with Gasteiger partial charge < -0.3 is 0 Å². The fourth-order valence-corrected chi connectivity index (χ4v) is 4.12. The molecular formula is C27H20BrN. The zero-order valence-corrected chi connectivity index (χ0v) is 17.5. The molecule has 0 bridgehead atoms. The summed E-state index contributed by atoms with van der Waals surface area (Å²) >= 11 is 3.53. The Morgan fingerprint density at radius 3 is 2.21 bits per heavy atom. The van der Waals surface area contributed by atoms with Gasteiger partial charge in [0.15, 0.2) is 0 Å². The van der Waals surface area contributed by atoms with Crippen molar-refractivity contribution in [3.05, 3.63) is 113 Å². The fraction of sp³-hybridized carbons (Fsp3) is 0.0741. The topological polar surface area (TPSA) is 12.9 Å². The first-order chi connectivity index (χ1) is 14.3. The van der Waals surface area contributed by atoms with Crippen LogP contribution in [0.1, 0.15) is 17.9 Å². The molecule has 1 unspecified atom stereocenters. The molecule has 4 aromatic rings. The molecule has 1 nitrogen and oxygen atoms in total. The molecule has 1 atom stereocenters. The van der Waals surface area contributed by atoms with Gasteiger partial charge in [0.2, 0.25) is 0 Å². The Balaban J connectivity index is 1.66. The third kappa shape index (κ3) is 3.81. The van der Waals surface area contributed by atoms with Gasteiger partial charge in [0.25, 0.3) is 0 Å². The highest BCUT2D eigenvalue weighted by molar-refractivity contribution is 9.10. The maximum absolute atomic E-state index is 5.05. The summed E-state index contributed by atoms with van der Waals surface area (Å²) in [5.41, 5.74) is 5.63. The van der Waals surface area contributed by atoms with Crippen molar-refractivity contribution in [2.45, 2.75) is 12.3 Å². The monoisotopic (exact) mass is 437 g/mol. The summed E-state index contributed by atoms with van der Waals surface area (Å²) in [5.74, 6) is 0.386. The quantitative estimate of drug-likeness (QED) is 0.317. The van der Waals surface area contributed by atoms with Crippen LogP contribution in [0.5, 0.6) is 0 Å². The first-order valence-electron chi connectivity index (χ1n) is 9.87. The smallest absolute Gasteiger partial charge is 0.0712 e. The molecule has 0 saturated carbocycles. The van der Waals surface area contributed by atoms with Crippen LogP contribution < -0.4 is 0 Å². The standard InChI is InChI=1S/C27H20BrN/c28-25-14-12-21(13-15-25)26-17-24(19-6-2-1-3-7-19)18-27(29-26)23-11-10-20-8-4-5-9-22(20)16-23/h1-6,8-19H,7H2. The van der Waals surface area contributed by atoms with Crippen molar-refractivity contribution in [3.63, 3.8) is 0 Å². The minimum absolute atomic E-state index is 0.386. The molecule has 0 spiro atoms. The molecule has 0 fully saturated rings. The van der Waals surface area contributed by atoms with Gasteiger partial charge in [-0.15, -0.1) is 0 Å². The van der Waals surface area contributed by atoms with Gasteiger partial charge in [0.1, 0.15) is 0 Å². The highest BCUT2D eigenvalue weighted by Gasteiger charge is 2.14. The molecule has 0 N–H and O–H groups in total. The molecule has 140 valence electrons. The van der Waals surface area contributed by atoms with Crippen LogP contribution in [0.15, 0.2) is 108 Å². The number of fused-ring (bicyclic) bond motifs is 1. The summed E-state index contributed by atoms with van der Waals surface area (Å²) in [6.07, 6.45) is 9.81. The van der Waals surface area contributed by atoms with E-state index in [2.05, 4.69) is 119 Å². The van der Waals surface area contributed by atoms with Gasteiger partial charge >= 0.3 is 0 Å². The Labute approximate surface area is 179 Å². The van der Waals surface area contributed by atoms with Gasteiger partial charge in [-0.05, 0) is 53.1 Å². The van der Waals surface area contributed by atoms with Crippen molar-refractivity contribution in [3.8, 4) is 22.5 Å². The molecule has 1 heterocycles. The van der Waals surface area contributed by atoms with E-state index in [1.165, 1.54) is 16.3 Å². The third-order valence-electron chi connectivity index (χ3n) is 5.44. The molecule has 0 amide bonds. The normalized spacial score (nSPS) is 15.7. The number of benzene rings is 3. The van der Waals surface area contributed by atoms with Gasteiger partial charge in [0, 0.05) is 21.5 Å². The number of rotatable bonds is 3. The molecule has 1 aromatic heterocycles. The lowest BCUT2D eigenvalue weighted by molar-refractivity contribution is 0.852. The van der Waals surface area contributed by atoms with Gasteiger partial charge in [-0.25, -0.2) is 4.98 Å². The van der Waals surface area contributed by atoms with Crippen LogP contribution in [0.25, 0.3) is 33.3 Å². The number of aromatic nitrogens is 1. The Morgan fingerprint density at radius 2 is 1.45 bits per heavy atom. The van der Waals surface area contributed by atoms with Crippen molar-refractivity contribution in [1.82, 2.24) is 4.98 Å². The van der Waals surface area contributed by atoms with E-state index >= 15 is 0 Å².